The lowest BCUT2D eigenvalue weighted by atomic mass is 10.1. The van der Waals surface area contributed by atoms with E-state index in [0.717, 1.165) is 11.4 Å². The molecular formula is C10H8ClNS. The number of hydrogen-bond donors (Lipinski definition) is 0. The maximum absolute atomic E-state index is 5.78. The highest BCUT2D eigenvalue weighted by molar-refractivity contribution is 7.05. The van der Waals surface area contributed by atoms with Crippen LogP contribution in [0.3, 0.4) is 0 Å². The van der Waals surface area contributed by atoms with E-state index >= 15 is 0 Å². The predicted octanol–water partition coefficient (Wildman–Crippen LogP) is 3.39. The summed E-state index contributed by atoms with van der Waals surface area (Å²) in [6, 6.07) is 9.96. The highest BCUT2D eigenvalue weighted by Crippen LogP contribution is 2.15. The Morgan fingerprint density at radius 3 is 2.54 bits per heavy atom. The van der Waals surface area contributed by atoms with Crippen LogP contribution in [0.25, 0.3) is 0 Å². The van der Waals surface area contributed by atoms with E-state index < -0.39 is 0 Å². The van der Waals surface area contributed by atoms with E-state index in [-0.39, 0.29) is 0 Å². The Hall–Kier alpha value is -0.860. The zero-order valence-electron chi connectivity index (χ0n) is 6.90. The van der Waals surface area contributed by atoms with Gasteiger partial charge < -0.3 is 0 Å². The van der Waals surface area contributed by atoms with Crippen molar-refractivity contribution in [1.82, 2.24) is 4.37 Å². The number of hydrogen-bond acceptors (Lipinski definition) is 2. The number of halogens is 1. The van der Waals surface area contributed by atoms with Crippen LogP contribution in [0.4, 0.5) is 0 Å². The van der Waals surface area contributed by atoms with Crippen LogP contribution in [0.2, 0.25) is 5.02 Å². The monoisotopic (exact) mass is 209 g/mol. The van der Waals surface area contributed by atoms with Gasteiger partial charge >= 0.3 is 0 Å². The quantitative estimate of drug-likeness (QED) is 0.739. The third kappa shape index (κ3) is 2.29. The van der Waals surface area contributed by atoms with E-state index in [1.165, 1.54) is 22.0 Å². The summed E-state index contributed by atoms with van der Waals surface area (Å²) in [6.07, 6.45) is 2.78. The van der Waals surface area contributed by atoms with Gasteiger partial charge in [-0.2, -0.15) is 0 Å². The molecule has 0 bridgehead atoms. The standard InChI is InChI=1S/C10H8ClNS/c11-9-3-1-8(2-4-9)7-10-5-6-12-13-10/h1-6H,7H2. The zero-order valence-corrected chi connectivity index (χ0v) is 8.48. The van der Waals surface area contributed by atoms with E-state index in [4.69, 9.17) is 11.6 Å². The molecule has 2 rings (SSSR count). The van der Waals surface area contributed by atoms with Gasteiger partial charge in [0.2, 0.25) is 0 Å². The first-order chi connectivity index (χ1) is 6.34. The van der Waals surface area contributed by atoms with Crippen molar-refractivity contribution in [2.45, 2.75) is 6.42 Å². The second-order valence-corrected chi connectivity index (χ2v) is 4.14. The Morgan fingerprint density at radius 1 is 1.15 bits per heavy atom. The van der Waals surface area contributed by atoms with Gasteiger partial charge in [0.25, 0.3) is 0 Å². The largest absolute Gasteiger partial charge is 0.201 e. The molecule has 66 valence electrons. The molecule has 1 aromatic carbocycles. The summed E-state index contributed by atoms with van der Waals surface area (Å²) in [5, 5.41) is 0.785. The van der Waals surface area contributed by atoms with E-state index in [2.05, 4.69) is 4.37 Å². The second kappa shape index (κ2) is 3.90. The Kier molecular flexibility index (Phi) is 2.62. The third-order valence-electron chi connectivity index (χ3n) is 1.78. The highest BCUT2D eigenvalue weighted by atomic mass is 35.5. The minimum atomic E-state index is 0.785. The lowest BCUT2D eigenvalue weighted by molar-refractivity contribution is 1.24. The van der Waals surface area contributed by atoms with E-state index in [1.54, 1.807) is 0 Å². The third-order valence-corrected chi connectivity index (χ3v) is 2.78. The molecule has 0 radical (unpaired) electrons. The van der Waals surface area contributed by atoms with Crippen LogP contribution in [-0.4, -0.2) is 4.37 Å². The lowest BCUT2D eigenvalue weighted by Gasteiger charge is -1.97. The SMILES string of the molecule is Clc1ccc(Cc2ccns2)cc1. The van der Waals surface area contributed by atoms with Crippen molar-refractivity contribution in [2.75, 3.05) is 0 Å². The van der Waals surface area contributed by atoms with Crippen LogP contribution in [0.15, 0.2) is 36.5 Å². The average Bonchev–Trinajstić information content (AvgIpc) is 2.62. The molecule has 0 saturated heterocycles. The van der Waals surface area contributed by atoms with Crippen LogP contribution in [-0.2, 0) is 6.42 Å². The number of aromatic nitrogens is 1. The molecule has 0 aliphatic rings. The summed E-state index contributed by atoms with van der Waals surface area (Å²) in [5.41, 5.74) is 1.27. The maximum Gasteiger partial charge on any atom is 0.0409 e. The van der Waals surface area contributed by atoms with Crippen LogP contribution in [0.5, 0.6) is 0 Å². The van der Waals surface area contributed by atoms with Crippen molar-refractivity contribution in [1.29, 1.82) is 0 Å². The number of rotatable bonds is 2. The molecular weight excluding hydrogens is 202 g/mol. The molecule has 0 N–H and O–H groups in total. The first kappa shape index (κ1) is 8.73. The molecule has 0 fully saturated rings. The fourth-order valence-corrected chi connectivity index (χ4v) is 1.87. The molecule has 13 heavy (non-hydrogen) atoms. The van der Waals surface area contributed by atoms with Gasteiger partial charge in [-0.15, -0.1) is 0 Å². The molecule has 0 aliphatic carbocycles. The van der Waals surface area contributed by atoms with Crippen LogP contribution in [0, 0.1) is 0 Å². The number of benzene rings is 1. The predicted molar refractivity (Wildman–Crippen MR) is 56.4 cm³/mol. The lowest BCUT2D eigenvalue weighted by Crippen LogP contribution is -1.82. The molecule has 0 aliphatic heterocycles. The number of nitrogens with zero attached hydrogens (tertiary/aromatic N) is 1. The van der Waals surface area contributed by atoms with Crippen molar-refractivity contribution in [2.24, 2.45) is 0 Å². The first-order valence-corrected chi connectivity index (χ1v) is 5.14. The summed E-state index contributed by atoms with van der Waals surface area (Å²) >= 11 is 7.32. The summed E-state index contributed by atoms with van der Waals surface area (Å²) < 4.78 is 4.05. The van der Waals surface area contributed by atoms with Crippen molar-refractivity contribution >= 4 is 23.1 Å². The molecule has 0 unspecified atom stereocenters. The van der Waals surface area contributed by atoms with Crippen LogP contribution in [0.1, 0.15) is 10.4 Å². The van der Waals surface area contributed by atoms with Gasteiger partial charge in [-0.05, 0) is 35.3 Å². The van der Waals surface area contributed by atoms with Crippen LogP contribution >= 0.6 is 23.1 Å². The molecule has 3 heteroatoms. The minimum absolute atomic E-state index is 0.785. The smallest absolute Gasteiger partial charge is 0.0409 e. The molecule has 0 spiro atoms. The van der Waals surface area contributed by atoms with Gasteiger partial charge in [0.15, 0.2) is 0 Å². The van der Waals surface area contributed by atoms with Crippen molar-refractivity contribution < 1.29 is 0 Å². The topological polar surface area (TPSA) is 12.9 Å². The van der Waals surface area contributed by atoms with Gasteiger partial charge in [0.1, 0.15) is 0 Å². The van der Waals surface area contributed by atoms with Crippen LogP contribution < -0.4 is 0 Å². The molecule has 1 aromatic heterocycles. The summed E-state index contributed by atoms with van der Waals surface area (Å²) in [6.45, 7) is 0. The molecule has 1 heterocycles. The first-order valence-electron chi connectivity index (χ1n) is 3.98. The van der Waals surface area contributed by atoms with Crippen molar-refractivity contribution in [3.8, 4) is 0 Å². The Bertz CT molecular complexity index is 366. The molecule has 0 saturated carbocycles. The maximum atomic E-state index is 5.78. The van der Waals surface area contributed by atoms with Gasteiger partial charge in [0.05, 0.1) is 0 Å². The Labute approximate surface area is 86.2 Å². The van der Waals surface area contributed by atoms with Crippen molar-refractivity contribution in [3.05, 3.63) is 52.0 Å². The fraction of sp³-hybridized carbons (Fsp3) is 0.100. The van der Waals surface area contributed by atoms with E-state index in [9.17, 15) is 0 Å². The van der Waals surface area contributed by atoms with Gasteiger partial charge in [-0.3, -0.25) is 0 Å². The summed E-state index contributed by atoms with van der Waals surface area (Å²) in [4.78, 5) is 1.28. The molecule has 0 atom stereocenters. The fourth-order valence-electron chi connectivity index (χ4n) is 1.14. The Balaban J connectivity index is 2.15. The van der Waals surface area contributed by atoms with E-state index in [0.29, 0.717) is 0 Å². The second-order valence-electron chi connectivity index (χ2n) is 2.78. The molecule has 1 nitrogen and oxygen atoms in total. The van der Waals surface area contributed by atoms with Crippen molar-refractivity contribution in [3.63, 3.8) is 0 Å². The minimum Gasteiger partial charge on any atom is -0.201 e. The van der Waals surface area contributed by atoms with E-state index in [1.807, 2.05) is 36.5 Å². The average molecular weight is 210 g/mol. The normalized spacial score (nSPS) is 10.2. The summed E-state index contributed by atoms with van der Waals surface area (Å²) in [5.74, 6) is 0. The van der Waals surface area contributed by atoms with Gasteiger partial charge in [-0.1, -0.05) is 23.7 Å². The molecule has 0 amide bonds. The zero-order chi connectivity index (χ0) is 9.10. The summed E-state index contributed by atoms with van der Waals surface area (Å²) in [7, 11) is 0. The Morgan fingerprint density at radius 2 is 1.92 bits per heavy atom. The van der Waals surface area contributed by atoms with Gasteiger partial charge in [-0.25, -0.2) is 4.37 Å². The van der Waals surface area contributed by atoms with Gasteiger partial charge in [0, 0.05) is 22.5 Å². The highest BCUT2D eigenvalue weighted by Gasteiger charge is 1.97. The molecule has 2 aromatic rings.